The van der Waals surface area contributed by atoms with Crippen molar-refractivity contribution in [3.63, 3.8) is 0 Å². The van der Waals surface area contributed by atoms with Crippen molar-refractivity contribution in [1.82, 2.24) is 24.7 Å². The van der Waals surface area contributed by atoms with Gasteiger partial charge in [0.2, 0.25) is 10.0 Å². The SMILES string of the molecule is CCN(CC)S(=O)(=O)c1ccc(C)c(NC(=S)NNC(=O)Cn2cnc3ccccc32)c1. The average Bonchev–Trinajstić information content (AvgIpc) is 3.17. The maximum absolute atomic E-state index is 12.8. The van der Waals surface area contributed by atoms with Crippen molar-refractivity contribution in [3.8, 4) is 0 Å². The van der Waals surface area contributed by atoms with Gasteiger partial charge in [0.05, 0.1) is 22.3 Å². The van der Waals surface area contributed by atoms with Gasteiger partial charge >= 0.3 is 0 Å². The molecule has 0 aliphatic carbocycles. The minimum atomic E-state index is -3.60. The zero-order chi connectivity index (χ0) is 23.3. The van der Waals surface area contributed by atoms with Gasteiger partial charge in [-0.1, -0.05) is 32.0 Å². The molecule has 3 aromatic rings. The van der Waals surface area contributed by atoms with E-state index in [0.717, 1.165) is 16.6 Å². The number of para-hydroxylation sites is 2. The van der Waals surface area contributed by atoms with Crippen LogP contribution in [0.2, 0.25) is 0 Å². The maximum Gasteiger partial charge on any atom is 0.258 e. The van der Waals surface area contributed by atoms with Gasteiger partial charge in [0.15, 0.2) is 5.11 Å². The summed E-state index contributed by atoms with van der Waals surface area (Å²) in [5.41, 5.74) is 8.19. The van der Waals surface area contributed by atoms with E-state index in [-0.39, 0.29) is 22.5 Å². The zero-order valence-electron chi connectivity index (χ0n) is 18.1. The van der Waals surface area contributed by atoms with Crippen molar-refractivity contribution >= 4 is 50.0 Å². The summed E-state index contributed by atoms with van der Waals surface area (Å²) in [5.74, 6) is -0.313. The average molecular weight is 475 g/mol. The molecule has 0 spiro atoms. The molecule has 1 heterocycles. The first kappa shape index (κ1) is 23.6. The van der Waals surface area contributed by atoms with Crippen molar-refractivity contribution in [2.75, 3.05) is 18.4 Å². The molecule has 9 nitrogen and oxygen atoms in total. The molecule has 0 saturated carbocycles. The second-order valence-corrected chi connectivity index (χ2v) is 9.40. The molecule has 32 heavy (non-hydrogen) atoms. The van der Waals surface area contributed by atoms with Crippen LogP contribution in [0.3, 0.4) is 0 Å². The summed E-state index contributed by atoms with van der Waals surface area (Å²) in [6.45, 7) is 6.25. The van der Waals surface area contributed by atoms with Crippen LogP contribution in [0.5, 0.6) is 0 Å². The van der Waals surface area contributed by atoms with Crippen molar-refractivity contribution < 1.29 is 13.2 Å². The van der Waals surface area contributed by atoms with E-state index in [0.29, 0.717) is 18.8 Å². The van der Waals surface area contributed by atoms with Gasteiger partial charge in [-0.2, -0.15) is 4.31 Å². The monoisotopic (exact) mass is 474 g/mol. The van der Waals surface area contributed by atoms with E-state index in [4.69, 9.17) is 12.2 Å². The molecule has 0 saturated heterocycles. The Balaban J connectivity index is 1.62. The Labute approximate surface area is 192 Å². The Morgan fingerprint density at radius 3 is 2.56 bits per heavy atom. The van der Waals surface area contributed by atoms with Gasteiger partial charge in [-0.25, -0.2) is 13.4 Å². The Hall–Kier alpha value is -3.02. The summed E-state index contributed by atoms with van der Waals surface area (Å²) in [6, 6.07) is 12.3. The van der Waals surface area contributed by atoms with Crippen LogP contribution in [-0.4, -0.2) is 46.4 Å². The van der Waals surface area contributed by atoms with Gasteiger partial charge in [0, 0.05) is 18.8 Å². The highest BCUT2D eigenvalue weighted by Crippen LogP contribution is 2.23. The molecule has 1 aromatic heterocycles. The molecule has 3 N–H and O–H groups in total. The second kappa shape index (κ2) is 10.1. The van der Waals surface area contributed by atoms with E-state index in [1.807, 2.05) is 31.2 Å². The van der Waals surface area contributed by atoms with Gasteiger partial charge in [0.25, 0.3) is 5.91 Å². The van der Waals surface area contributed by atoms with Crippen LogP contribution in [0.1, 0.15) is 19.4 Å². The van der Waals surface area contributed by atoms with Crippen molar-refractivity contribution in [1.29, 1.82) is 0 Å². The summed E-state index contributed by atoms with van der Waals surface area (Å²) in [6.07, 6.45) is 1.60. The Morgan fingerprint density at radius 1 is 1.12 bits per heavy atom. The van der Waals surface area contributed by atoms with Crippen LogP contribution in [0.4, 0.5) is 5.69 Å². The smallest absolute Gasteiger partial charge is 0.258 e. The minimum absolute atomic E-state index is 0.0623. The number of carbonyl (C=O) groups is 1. The number of anilines is 1. The Morgan fingerprint density at radius 2 is 1.84 bits per heavy atom. The van der Waals surface area contributed by atoms with Crippen molar-refractivity contribution in [2.24, 2.45) is 0 Å². The van der Waals surface area contributed by atoms with Gasteiger partial charge < -0.3 is 9.88 Å². The van der Waals surface area contributed by atoms with Crippen LogP contribution in [0, 0.1) is 6.92 Å². The number of fused-ring (bicyclic) bond motifs is 1. The van der Waals surface area contributed by atoms with Gasteiger partial charge in [-0.05, 0) is 49.0 Å². The van der Waals surface area contributed by atoms with Crippen molar-refractivity contribution in [3.05, 3.63) is 54.4 Å². The maximum atomic E-state index is 12.8. The number of sulfonamides is 1. The molecule has 0 aliphatic rings. The highest BCUT2D eigenvalue weighted by molar-refractivity contribution is 7.89. The van der Waals surface area contributed by atoms with E-state index < -0.39 is 10.0 Å². The summed E-state index contributed by atoms with van der Waals surface area (Å²) < 4.78 is 28.7. The molecule has 170 valence electrons. The third-order valence-electron chi connectivity index (χ3n) is 4.96. The lowest BCUT2D eigenvalue weighted by atomic mass is 10.2. The highest BCUT2D eigenvalue weighted by atomic mass is 32.2. The van der Waals surface area contributed by atoms with Crippen LogP contribution in [-0.2, 0) is 21.4 Å². The third-order valence-corrected chi connectivity index (χ3v) is 7.21. The predicted molar refractivity (Wildman–Crippen MR) is 129 cm³/mol. The quantitative estimate of drug-likeness (QED) is 0.356. The molecule has 1 amide bonds. The molecule has 0 atom stereocenters. The molecule has 11 heteroatoms. The lowest BCUT2D eigenvalue weighted by Gasteiger charge is -2.20. The van der Waals surface area contributed by atoms with Crippen LogP contribution in [0.15, 0.2) is 53.7 Å². The lowest BCUT2D eigenvalue weighted by molar-refractivity contribution is -0.122. The summed E-state index contributed by atoms with van der Waals surface area (Å²) in [7, 11) is -3.60. The second-order valence-electron chi connectivity index (χ2n) is 7.05. The molecule has 3 rings (SSSR count). The third kappa shape index (κ3) is 5.23. The number of hydrogen-bond acceptors (Lipinski definition) is 5. The van der Waals surface area contributed by atoms with Crippen LogP contribution < -0.4 is 16.2 Å². The predicted octanol–water partition coefficient (Wildman–Crippen LogP) is 2.39. The van der Waals surface area contributed by atoms with Gasteiger partial charge in [0.1, 0.15) is 6.54 Å². The van der Waals surface area contributed by atoms with Gasteiger partial charge in [-0.3, -0.25) is 15.6 Å². The number of benzene rings is 2. The fourth-order valence-electron chi connectivity index (χ4n) is 3.22. The highest BCUT2D eigenvalue weighted by Gasteiger charge is 2.22. The van der Waals surface area contributed by atoms with Gasteiger partial charge in [-0.15, -0.1) is 0 Å². The largest absolute Gasteiger partial charge is 0.331 e. The van der Waals surface area contributed by atoms with E-state index >= 15 is 0 Å². The number of aromatic nitrogens is 2. The molecule has 0 bridgehead atoms. The number of rotatable bonds is 7. The number of nitrogens with zero attached hydrogens (tertiary/aromatic N) is 3. The first-order chi connectivity index (χ1) is 15.3. The summed E-state index contributed by atoms with van der Waals surface area (Å²) >= 11 is 5.26. The van der Waals surface area contributed by atoms with Crippen LogP contribution in [0.25, 0.3) is 11.0 Å². The minimum Gasteiger partial charge on any atom is -0.331 e. The molecular weight excluding hydrogens is 448 g/mol. The number of hydrogen-bond donors (Lipinski definition) is 3. The molecule has 0 unspecified atom stereocenters. The normalized spacial score (nSPS) is 11.5. The fraction of sp³-hybridized carbons (Fsp3) is 0.286. The molecule has 0 aliphatic heterocycles. The topological polar surface area (TPSA) is 108 Å². The summed E-state index contributed by atoms with van der Waals surface area (Å²) in [5, 5.41) is 3.08. The zero-order valence-corrected chi connectivity index (χ0v) is 19.8. The molecule has 2 aromatic carbocycles. The number of carbonyl (C=O) groups excluding carboxylic acids is 1. The van der Waals surface area contributed by atoms with E-state index in [1.54, 1.807) is 36.9 Å². The first-order valence-corrected chi connectivity index (χ1v) is 12.0. The number of amides is 1. The molecule has 0 radical (unpaired) electrons. The lowest BCUT2D eigenvalue weighted by Crippen LogP contribution is -2.45. The van der Waals surface area contributed by atoms with Crippen LogP contribution >= 0.6 is 12.2 Å². The molecular formula is C21H26N6O3S2. The number of nitrogens with one attached hydrogen (secondary N) is 3. The van der Waals surface area contributed by atoms with E-state index in [2.05, 4.69) is 21.2 Å². The molecule has 0 fully saturated rings. The Kier molecular flexibility index (Phi) is 7.44. The standard InChI is InChI=1S/C21H26N6O3S2/c1-4-27(5-2)32(29,30)16-11-10-15(3)18(12-16)23-21(31)25-24-20(28)13-26-14-22-17-8-6-7-9-19(17)26/h6-12,14H,4-5,13H2,1-3H3,(H,24,28)(H2,23,25,31). The number of thiocarbonyl (C=S) groups is 1. The van der Waals surface area contributed by atoms with E-state index in [1.165, 1.54) is 10.4 Å². The van der Waals surface area contributed by atoms with E-state index in [9.17, 15) is 13.2 Å². The number of imidazole rings is 1. The Bertz CT molecular complexity index is 1240. The fourth-order valence-corrected chi connectivity index (χ4v) is 4.87. The number of hydrazine groups is 1. The van der Waals surface area contributed by atoms with Crippen molar-refractivity contribution in [2.45, 2.75) is 32.2 Å². The summed E-state index contributed by atoms with van der Waals surface area (Å²) in [4.78, 5) is 16.7. The number of aryl methyl sites for hydroxylation is 1. The first-order valence-electron chi connectivity index (χ1n) is 10.1.